The van der Waals surface area contributed by atoms with Crippen LogP contribution < -0.4 is 14.4 Å². The molecule has 1 fully saturated rings. The number of carbonyl (C=O) groups is 1. The van der Waals surface area contributed by atoms with Gasteiger partial charge in [0.15, 0.2) is 17.3 Å². The van der Waals surface area contributed by atoms with E-state index in [1.807, 2.05) is 35.7 Å². The number of anilines is 1. The second-order valence-corrected chi connectivity index (χ2v) is 7.12. The highest BCUT2D eigenvalue weighted by molar-refractivity contribution is 7.13. The second-order valence-electron chi connectivity index (χ2n) is 6.17. The Morgan fingerprint density at radius 2 is 2.04 bits per heavy atom. The fourth-order valence-corrected chi connectivity index (χ4v) is 3.88. The topological polar surface area (TPSA) is 77.7 Å². The lowest BCUT2D eigenvalue weighted by Crippen LogP contribution is -2.25. The SMILES string of the molecule is O=C1CC(c2noc(-c3cccs3)n2)CN1c1ccc2c(c1)OCCO2. The fraction of sp³-hybridized carbons (Fsp3) is 0.278. The average Bonchev–Trinajstić information content (AvgIpc) is 3.41. The summed E-state index contributed by atoms with van der Waals surface area (Å²) in [6.45, 7) is 1.57. The van der Waals surface area contributed by atoms with Gasteiger partial charge < -0.3 is 18.9 Å². The van der Waals surface area contributed by atoms with Crippen LogP contribution >= 0.6 is 11.3 Å². The highest BCUT2D eigenvalue weighted by Crippen LogP contribution is 2.37. The van der Waals surface area contributed by atoms with Crippen molar-refractivity contribution >= 4 is 22.9 Å². The molecule has 0 spiro atoms. The van der Waals surface area contributed by atoms with E-state index < -0.39 is 0 Å². The van der Waals surface area contributed by atoms with E-state index in [0.29, 0.717) is 49.4 Å². The number of amides is 1. The van der Waals surface area contributed by atoms with E-state index in [-0.39, 0.29) is 11.8 Å². The molecule has 1 unspecified atom stereocenters. The van der Waals surface area contributed by atoms with Crippen molar-refractivity contribution in [1.82, 2.24) is 10.1 Å². The highest BCUT2D eigenvalue weighted by atomic mass is 32.1. The molecule has 132 valence electrons. The number of nitrogens with zero attached hydrogens (tertiary/aromatic N) is 3. The van der Waals surface area contributed by atoms with Crippen molar-refractivity contribution in [3.8, 4) is 22.3 Å². The first-order valence-corrected chi connectivity index (χ1v) is 9.23. The molecule has 2 aliphatic rings. The predicted octanol–water partition coefficient (Wildman–Crippen LogP) is 3.09. The molecule has 1 atom stereocenters. The van der Waals surface area contributed by atoms with Gasteiger partial charge in [0, 0.05) is 30.6 Å². The van der Waals surface area contributed by atoms with Crippen molar-refractivity contribution in [1.29, 1.82) is 0 Å². The Balaban J connectivity index is 1.38. The van der Waals surface area contributed by atoms with Crippen molar-refractivity contribution in [3.63, 3.8) is 0 Å². The van der Waals surface area contributed by atoms with Crippen LogP contribution in [0.1, 0.15) is 18.2 Å². The molecule has 2 aromatic heterocycles. The van der Waals surface area contributed by atoms with Gasteiger partial charge in [-0.3, -0.25) is 4.79 Å². The van der Waals surface area contributed by atoms with Gasteiger partial charge in [0.25, 0.3) is 5.89 Å². The van der Waals surface area contributed by atoms with Crippen LogP contribution in [0.15, 0.2) is 40.2 Å². The Labute approximate surface area is 153 Å². The molecule has 2 aliphatic heterocycles. The second kappa shape index (κ2) is 6.14. The molecule has 3 aromatic rings. The van der Waals surface area contributed by atoms with Crippen LogP contribution in [0.3, 0.4) is 0 Å². The molecule has 1 amide bonds. The molecular formula is C18H15N3O4S. The number of benzene rings is 1. The fourth-order valence-electron chi connectivity index (χ4n) is 3.23. The summed E-state index contributed by atoms with van der Waals surface area (Å²) in [6, 6.07) is 9.44. The van der Waals surface area contributed by atoms with E-state index in [0.717, 1.165) is 10.6 Å². The number of aromatic nitrogens is 2. The molecular weight excluding hydrogens is 354 g/mol. The number of rotatable bonds is 3. The van der Waals surface area contributed by atoms with Crippen LogP contribution in [-0.2, 0) is 4.79 Å². The van der Waals surface area contributed by atoms with Gasteiger partial charge in [-0.25, -0.2) is 0 Å². The Hall–Kier alpha value is -2.87. The first kappa shape index (κ1) is 15.4. The first-order valence-electron chi connectivity index (χ1n) is 8.35. The number of carbonyl (C=O) groups excluding carboxylic acids is 1. The van der Waals surface area contributed by atoms with Gasteiger partial charge in [0.05, 0.1) is 4.88 Å². The quantitative estimate of drug-likeness (QED) is 0.706. The summed E-state index contributed by atoms with van der Waals surface area (Å²) in [6.07, 6.45) is 0.359. The number of hydrogen-bond donors (Lipinski definition) is 0. The van der Waals surface area contributed by atoms with Crippen LogP contribution in [0.2, 0.25) is 0 Å². The summed E-state index contributed by atoms with van der Waals surface area (Å²) < 4.78 is 16.5. The lowest BCUT2D eigenvalue weighted by atomic mass is 10.1. The zero-order valence-electron chi connectivity index (χ0n) is 13.8. The maximum atomic E-state index is 12.5. The largest absolute Gasteiger partial charge is 0.486 e. The zero-order chi connectivity index (χ0) is 17.5. The molecule has 0 N–H and O–H groups in total. The molecule has 0 aliphatic carbocycles. The Bertz CT molecular complexity index is 953. The summed E-state index contributed by atoms with van der Waals surface area (Å²) in [4.78, 5) is 19.7. The molecule has 4 heterocycles. The van der Waals surface area contributed by atoms with Crippen molar-refractivity contribution in [2.45, 2.75) is 12.3 Å². The average molecular weight is 369 g/mol. The summed E-state index contributed by atoms with van der Waals surface area (Å²) in [5.41, 5.74) is 0.795. The Morgan fingerprint density at radius 1 is 1.15 bits per heavy atom. The van der Waals surface area contributed by atoms with E-state index in [9.17, 15) is 4.79 Å². The third-order valence-electron chi connectivity index (χ3n) is 4.50. The Morgan fingerprint density at radius 3 is 2.88 bits per heavy atom. The van der Waals surface area contributed by atoms with E-state index in [1.54, 1.807) is 16.2 Å². The molecule has 1 aromatic carbocycles. The van der Waals surface area contributed by atoms with E-state index in [4.69, 9.17) is 14.0 Å². The zero-order valence-corrected chi connectivity index (χ0v) is 14.6. The van der Waals surface area contributed by atoms with Crippen molar-refractivity contribution in [3.05, 3.63) is 41.5 Å². The van der Waals surface area contributed by atoms with Crippen LogP contribution in [-0.4, -0.2) is 35.8 Å². The van der Waals surface area contributed by atoms with E-state index in [1.165, 1.54) is 0 Å². The number of ether oxygens (including phenoxy) is 2. The molecule has 26 heavy (non-hydrogen) atoms. The van der Waals surface area contributed by atoms with E-state index in [2.05, 4.69) is 10.1 Å². The van der Waals surface area contributed by atoms with Gasteiger partial charge in [-0.1, -0.05) is 11.2 Å². The molecule has 1 saturated heterocycles. The van der Waals surface area contributed by atoms with Crippen LogP contribution in [0, 0.1) is 0 Å². The smallest absolute Gasteiger partial charge is 0.267 e. The van der Waals surface area contributed by atoms with Gasteiger partial charge in [-0.15, -0.1) is 11.3 Å². The highest BCUT2D eigenvalue weighted by Gasteiger charge is 2.35. The summed E-state index contributed by atoms with van der Waals surface area (Å²) >= 11 is 1.54. The van der Waals surface area contributed by atoms with Gasteiger partial charge in [-0.05, 0) is 23.6 Å². The number of thiophene rings is 1. The van der Waals surface area contributed by atoms with Crippen LogP contribution in [0.25, 0.3) is 10.8 Å². The summed E-state index contributed by atoms with van der Waals surface area (Å²) in [5, 5.41) is 6.04. The van der Waals surface area contributed by atoms with Gasteiger partial charge in [0.2, 0.25) is 5.91 Å². The van der Waals surface area contributed by atoms with Gasteiger partial charge >= 0.3 is 0 Å². The normalized spacial score (nSPS) is 19.2. The molecule has 8 heteroatoms. The molecule has 5 rings (SSSR count). The molecule has 7 nitrogen and oxygen atoms in total. The minimum absolute atomic E-state index is 0.0363. The Kier molecular flexibility index (Phi) is 3.63. The summed E-state index contributed by atoms with van der Waals surface area (Å²) in [7, 11) is 0. The predicted molar refractivity (Wildman–Crippen MR) is 94.8 cm³/mol. The van der Waals surface area contributed by atoms with Crippen LogP contribution in [0.4, 0.5) is 5.69 Å². The van der Waals surface area contributed by atoms with Crippen molar-refractivity contribution in [2.75, 3.05) is 24.7 Å². The minimum Gasteiger partial charge on any atom is -0.486 e. The van der Waals surface area contributed by atoms with Crippen molar-refractivity contribution < 1.29 is 18.8 Å². The first-order chi connectivity index (χ1) is 12.8. The third-order valence-corrected chi connectivity index (χ3v) is 5.36. The van der Waals surface area contributed by atoms with Crippen molar-refractivity contribution in [2.24, 2.45) is 0 Å². The minimum atomic E-state index is -0.0897. The van der Waals surface area contributed by atoms with Crippen LogP contribution in [0.5, 0.6) is 11.5 Å². The lowest BCUT2D eigenvalue weighted by Gasteiger charge is -2.22. The third kappa shape index (κ3) is 2.62. The maximum absolute atomic E-state index is 12.5. The molecule has 0 saturated carbocycles. The lowest BCUT2D eigenvalue weighted by molar-refractivity contribution is -0.117. The molecule has 0 bridgehead atoms. The maximum Gasteiger partial charge on any atom is 0.267 e. The van der Waals surface area contributed by atoms with E-state index >= 15 is 0 Å². The number of fused-ring (bicyclic) bond motifs is 1. The monoisotopic (exact) mass is 369 g/mol. The van der Waals surface area contributed by atoms with Gasteiger partial charge in [0.1, 0.15) is 13.2 Å². The standard InChI is InChI=1S/C18H15N3O4S/c22-16-8-11(17-19-18(25-20-17)15-2-1-7-26-15)10-21(16)12-3-4-13-14(9-12)24-6-5-23-13/h1-4,7,9,11H,5-6,8,10H2. The molecule has 0 radical (unpaired) electrons. The number of hydrogen-bond acceptors (Lipinski definition) is 7. The summed E-state index contributed by atoms with van der Waals surface area (Å²) in [5.74, 6) is 2.40. The van der Waals surface area contributed by atoms with Gasteiger partial charge in [-0.2, -0.15) is 4.98 Å².